The molecule has 240 valence electrons. The molecule has 44 heavy (non-hydrogen) atoms. The summed E-state index contributed by atoms with van der Waals surface area (Å²) < 4.78 is 166. The number of ether oxygens (including phenoxy) is 1. The molecule has 0 heterocycles. The Hall–Kier alpha value is -3.99. The highest BCUT2D eigenvalue weighted by atomic mass is 19.4. The van der Waals surface area contributed by atoms with Gasteiger partial charge in [0.1, 0.15) is 17.4 Å². The monoisotopic (exact) mass is 649 g/mol. The topological polar surface area (TPSA) is 78.8 Å². The van der Waals surface area contributed by atoms with Crippen LogP contribution in [0.2, 0.25) is 0 Å². The Balaban J connectivity index is 2.34. The van der Waals surface area contributed by atoms with Crippen LogP contribution in [0.3, 0.4) is 0 Å². The fraction of sp³-hybridized carbons (Fsp3) is 0.296. The Kier molecular flexibility index (Phi) is 9.55. The van der Waals surface area contributed by atoms with Gasteiger partial charge >= 0.3 is 24.9 Å². The smallest absolute Gasteiger partial charge is 0.428 e. The molecule has 3 aromatic carbocycles. The SMILES string of the molecule is O=C(N[C@](Cc1ccccc1)(c1ccc(F)cc1)c1cc(F)cc(OC(F)(F)C(F)F)c1)[C@H](O)C(O)(C(F)(F)F)C(F)(F)F. The van der Waals surface area contributed by atoms with Gasteiger partial charge in [-0.3, -0.25) is 4.79 Å². The van der Waals surface area contributed by atoms with Gasteiger partial charge in [-0.1, -0.05) is 42.5 Å². The van der Waals surface area contributed by atoms with E-state index in [1.165, 1.54) is 30.3 Å². The van der Waals surface area contributed by atoms with E-state index in [0.29, 0.717) is 24.3 Å². The van der Waals surface area contributed by atoms with Crippen molar-refractivity contribution in [1.82, 2.24) is 5.32 Å². The highest BCUT2D eigenvalue weighted by Crippen LogP contribution is 2.46. The van der Waals surface area contributed by atoms with Crippen LogP contribution in [0, 0.1) is 11.6 Å². The summed E-state index contributed by atoms with van der Waals surface area (Å²) in [4.78, 5) is 13.1. The molecule has 0 aliphatic rings. The van der Waals surface area contributed by atoms with Crippen LogP contribution in [0.1, 0.15) is 16.7 Å². The van der Waals surface area contributed by atoms with E-state index < -0.39 is 83.0 Å². The molecule has 0 bridgehead atoms. The molecule has 0 fully saturated rings. The van der Waals surface area contributed by atoms with Gasteiger partial charge in [0, 0.05) is 12.5 Å². The molecule has 0 saturated heterocycles. The maximum absolute atomic E-state index is 14.8. The molecular formula is C27H19F12NO4. The van der Waals surface area contributed by atoms with Gasteiger partial charge in [-0.15, -0.1) is 0 Å². The molecule has 0 saturated carbocycles. The lowest BCUT2D eigenvalue weighted by atomic mass is 9.77. The lowest BCUT2D eigenvalue weighted by Crippen LogP contribution is -2.69. The molecule has 3 rings (SSSR count). The van der Waals surface area contributed by atoms with Crippen molar-refractivity contribution in [3.63, 3.8) is 0 Å². The normalized spacial score (nSPS) is 15.1. The molecule has 0 aromatic heterocycles. The van der Waals surface area contributed by atoms with Crippen molar-refractivity contribution >= 4 is 5.91 Å². The van der Waals surface area contributed by atoms with Crippen molar-refractivity contribution < 1.29 is 72.4 Å². The van der Waals surface area contributed by atoms with Crippen LogP contribution < -0.4 is 10.1 Å². The van der Waals surface area contributed by atoms with Gasteiger partial charge in [0.25, 0.3) is 11.5 Å². The molecule has 0 aliphatic heterocycles. The third-order valence-electron chi connectivity index (χ3n) is 6.37. The number of hydrogen-bond acceptors (Lipinski definition) is 4. The average Bonchev–Trinajstić information content (AvgIpc) is 2.90. The van der Waals surface area contributed by atoms with Gasteiger partial charge in [0.15, 0.2) is 6.10 Å². The zero-order valence-corrected chi connectivity index (χ0v) is 21.5. The highest BCUT2D eigenvalue weighted by Gasteiger charge is 2.76. The van der Waals surface area contributed by atoms with Crippen LogP contribution in [-0.4, -0.2) is 52.7 Å². The van der Waals surface area contributed by atoms with Crippen molar-refractivity contribution in [2.75, 3.05) is 0 Å². The summed E-state index contributed by atoms with van der Waals surface area (Å²) in [7, 11) is 0. The van der Waals surface area contributed by atoms with E-state index >= 15 is 0 Å². The minimum atomic E-state index is -6.69. The molecule has 17 heteroatoms. The third-order valence-corrected chi connectivity index (χ3v) is 6.37. The summed E-state index contributed by atoms with van der Waals surface area (Å²) in [6, 6.07) is 10.9. The molecule has 0 aliphatic carbocycles. The molecule has 0 unspecified atom stereocenters. The number of amides is 1. The van der Waals surface area contributed by atoms with Crippen LogP contribution in [0.25, 0.3) is 0 Å². The summed E-state index contributed by atoms with van der Waals surface area (Å²) in [5.74, 6) is -6.38. The second-order valence-electron chi connectivity index (χ2n) is 9.37. The van der Waals surface area contributed by atoms with Gasteiger partial charge in [0.05, 0.1) is 5.54 Å². The van der Waals surface area contributed by atoms with Crippen LogP contribution in [0.15, 0.2) is 72.8 Å². The Morgan fingerprint density at radius 2 is 1.32 bits per heavy atom. The van der Waals surface area contributed by atoms with Crippen molar-refractivity contribution in [2.24, 2.45) is 0 Å². The van der Waals surface area contributed by atoms with E-state index in [1.807, 2.05) is 0 Å². The second-order valence-corrected chi connectivity index (χ2v) is 9.37. The standard InChI is InChI=1S/C27H19F12NO4/c28-17-8-6-15(7-9-17)23(13-14-4-2-1-3-5-14,16-10-18(29)12-19(11-16)44-25(32,33)22(30)31)40-21(42)20(41)24(43,26(34,35)36)27(37,38)39/h1-12,20,22,41,43H,13H2,(H,40,42)/t20-,23+/m0/s1. The van der Waals surface area contributed by atoms with Gasteiger partial charge < -0.3 is 20.3 Å². The van der Waals surface area contributed by atoms with E-state index in [2.05, 4.69) is 4.74 Å². The van der Waals surface area contributed by atoms with E-state index in [1.54, 1.807) is 5.32 Å². The van der Waals surface area contributed by atoms with Crippen molar-refractivity contribution in [3.8, 4) is 5.75 Å². The first-order valence-corrected chi connectivity index (χ1v) is 12.0. The lowest BCUT2D eigenvalue weighted by Gasteiger charge is -2.40. The summed E-state index contributed by atoms with van der Waals surface area (Å²) >= 11 is 0. The number of carbonyl (C=O) groups is 1. The van der Waals surface area contributed by atoms with Gasteiger partial charge in [0.2, 0.25) is 0 Å². The van der Waals surface area contributed by atoms with Crippen LogP contribution >= 0.6 is 0 Å². The van der Waals surface area contributed by atoms with Crippen molar-refractivity contribution in [2.45, 2.75) is 48.6 Å². The van der Waals surface area contributed by atoms with Crippen molar-refractivity contribution in [3.05, 3.63) is 101 Å². The second kappa shape index (κ2) is 12.2. The Labute approximate surface area is 239 Å². The fourth-order valence-electron chi connectivity index (χ4n) is 4.20. The average molecular weight is 649 g/mol. The summed E-state index contributed by atoms with van der Waals surface area (Å²) in [5.41, 5.74) is -9.90. The molecule has 3 N–H and O–H groups in total. The predicted octanol–water partition coefficient (Wildman–Crippen LogP) is 6.02. The van der Waals surface area contributed by atoms with Gasteiger partial charge in [-0.25, -0.2) is 8.78 Å². The third kappa shape index (κ3) is 6.88. The molecule has 3 aromatic rings. The summed E-state index contributed by atoms with van der Waals surface area (Å²) in [5, 5.41) is 21.4. The zero-order chi connectivity index (χ0) is 33.3. The Bertz CT molecular complexity index is 1430. The number of nitrogens with one attached hydrogen (secondary N) is 1. The first kappa shape index (κ1) is 34.5. The predicted molar refractivity (Wildman–Crippen MR) is 127 cm³/mol. The number of benzene rings is 3. The van der Waals surface area contributed by atoms with Crippen LogP contribution in [0.4, 0.5) is 52.7 Å². The number of alkyl halides is 10. The number of hydrogen-bond donors (Lipinski definition) is 3. The van der Waals surface area contributed by atoms with Crippen LogP contribution in [0.5, 0.6) is 5.75 Å². The highest BCUT2D eigenvalue weighted by molar-refractivity contribution is 5.84. The van der Waals surface area contributed by atoms with Gasteiger partial charge in [-0.2, -0.15) is 43.9 Å². The molecule has 0 spiro atoms. The van der Waals surface area contributed by atoms with E-state index in [4.69, 9.17) is 0 Å². The summed E-state index contributed by atoms with van der Waals surface area (Å²) in [6.45, 7) is 0. The fourth-order valence-corrected chi connectivity index (χ4v) is 4.20. The quantitative estimate of drug-likeness (QED) is 0.235. The number of rotatable bonds is 10. The molecule has 2 atom stereocenters. The first-order chi connectivity index (χ1) is 20.1. The number of halogens is 12. The largest absolute Gasteiger partial charge is 0.461 e. The van der Waals surface area contributed by atoms with E-state index in [0.717, 1.165) is 12.1 Å². The molecule has 1 amide bonds. The Morgan fingerprint density at radius 1 is 0.773 bits per heavy atom. The minimum absolute atomic E-state index is 0.0816. The maximum Gasteiger partial charge on any atom is 0.461 e. The Morgan fingerprint density at radius 3 is 1.82 bits per heavy atom. The number of aliphatic hydroxyl groups excluding tert-OH is 1. The van der Waals surface area contributed by atoms with Crippen molar-refractivity contribution in [1.29, 1.82) is 0 Å². The zero-order valence-electron chi connectivity index (χ0n) is 21.5. The number of carbonyl (C=O) groups excluding carboxylic acids is 1. The molecule has 0 radical (unpaired) electrons. The molecular weight excluding hydrogens is 630 g/mol. The minimum Gasteiger partial charge on any atom is -0.428 e. The van der Waals surface area contributed by atoms with Crippen LogP contribution in [-0.2, 0) is 16.8 Å². The lowest BCUT2D eigenvalue weighted by molar-refractivity contribution is -0.386. The van der Waals surface area contributed by atoms with Gasteiger partial charge in [-0.05, 0) is 41.0 Å². The summed E-state index contributed by atoms with van der Waals surface area (Å²) in [6.07, 6.45) is -28.2. The molecule has 5 nitrogen and oxygen atoms in total. The van der Waals surface area contributed by atoms with E-state index in [9.17, 15) is 67.7 Å². The number of aliphatic hydroxyl groups is 2. The maximum atomic E-state index is 14.8. The first-order valence-electron chi connectivity index (χ1n) is 12.0. The van der Waals surface area contributed by atoms with E-state index in [-0.39, 0.29) is 11.6 Å².